The van der Waals surface area contributed by atoms with Crippen LogP contribution in [0.5, 0.6) is 0 Å². The Morgan fingerprint density at radius 2 is 1.78 bits per heavy atom. The maximum atomic E-state index is 12.7. The van der Waals surface area contributed by atoms with Crippen molar-refractivity contribution in [3.63, 3.8) is 0 Å². The summed E-state index contributed by atoms with van der Waals surface area (Å²) in [6.45, 7) is 10.8. The first-order valence-corrected chi connectivity index (χ1v) is 10.6. The third-order valence-corrected chi connectivity index (χ3v) is 8.89. The molecular weight excluding hydrogens is 323 g/mol. The van der Waals surface area contributed by atoms with Crippen LogP contribution in [0.25, 0.3) is 0 Å². The summed E-state index contributed by atoms with van der Waals surface area (Å²) in [6, 6.07) is 2.20. The minimum absolute atomic E-state index is 0.0950. The van der Waals surface area contributed by atoms with Crippen molar-refractivity contribution in [1.29, 1.82) is 0 Å². The molecule has 0 fully saturated rings. The Hall–Kier alpha value is -0.923. The highest BCUT2D eigenvalue weighted by molar-refractivity contribution is 6.74. The first-order chi connectivity index (χ1) is 10.4. The number of nitrogens with zero attached hydrogens (tertiary/aromatic N) is 1. The van der Waals surface area contributed by atoms with E-state index >= 15 is 0 Å². The van der Waals surface area contributed by atoms with Crippen molar-refractivity contribution in [3.8, 4) is 0 Å². The first-order valence-electron chi connectivity index (χ1n) is 7.69. The van der Waals surface area contributed by atoms with Gasteiger partial charge in [-0.1, -0.05) is 26.8 Å². The fraction of sp³-hybridized carbons (Fsp3) is 0.688. The van der Waals surface area contributed by atoms with Gasteiger partial charge in [0.15, 0.2) is 8.32 Å². The van der Waals surface area contributed by atoms with Crippen molar-refractivity contribution in [1.82, 2.24) is 4.98 Å². The minimum Gasteiger partial charge on any atom is -0.417 e. The lowest BCUT2D eigenvalue weighted by Gasteiger charge is -2.36. The molecule has 0 aliphatic carbocycles. The van der Waals surface area contributed by atoms with Crippen LogP contribution in [0, 0.1) is 0 Å². The standard InChI is InChI=1S/C16H26F3NO2Si/c1-15(2,3)23(4,5)22-10-6-7-13-12(11-21)8-9-14(20-13)16(17,18)19/h8-9,21H,6-7,10-11H2,1-5H3. The molecule has 0 saturated heterocycles. The Balaban J connectivity index is 2.71. The summed E-state index contributed by atoms with van der Waals surface area (Å²) in [5.74, 6) is 0. The number of aliphatic hydroxyl groups excluding tert-OH is 1. The molecule has 1 N–H and O–H groups in total. The normalized spacial score (nSPS) is 13.4. The van der Waals surface area contributed by atoms with Crippen LogP contribution in [-0.4, -0.2) is 25.0 Å². The lowest BCUT2D eigenvalue weighted by atomic mass is 10.1. The van der Waals surface area contributed by atoms with E-state index in [1.54, 1.807) is 0 Å². The first kappa shape index (κ1) is 20.1. The summed E-state index contributed by atoms with van der Waals surface area (Å²) in [4.78, 5) is 3.67. The quantitative estimate of drug-likeness (QED) is 0.605. The lowest BCUT2D eigenvalue weighted by molar-refractivity contribution is -0.141. The van der Waals surface area contributed by atoms with E-state index in [2.05, 4.69) is 38.8 Å². The third-order valence-electron chi connectivity index (χ3n) is 4.36. The average Bonchev–Trinajstić information content (AvgIpc) is 2.41. The van der Waals surface area contributed by atoms with Crippen molar-refractivity contribution in [3.05, 3.63) is 29.1 Å². The van der Waals surface area contributed by atoms with Crippen molar-refractivity contribution < 1.29 is 22.7 Å². The maximum absolute atomic E-state index is 12.7. The van der Waals surface area contributed by atoms with Crippen LogP contribution >= 0.6 is 0 Å². The van der Waals surface area contributed by atoms with Crippen LogP contribution in [-0.2, 0) is 23.6 Å². The lowest BCUT2D eigenvalue weighted by Crippen LogP contribution is -2.41. The van der Waals surface area contributed by atoms with Gasteiger partial charge >= 0.3 is 6.18 Å². The van der Waals surface area contributed by atoms with Crippen LogP contribution in [0.4, 0.5) is 13.2 Å². The van der Waals surface area contributed by atoms with E-state index in [-0.39, 0.29) is 11.6 Å². The number of aryl methyl sites for hydroxylation is 1. The molecule has 0 aliphatic heterocycles. The van der Waals surface area contributed by atoms with E-state index in [4.69, 9.17) is 4.43 Å². The number of hydrogen-bond donors (Lipinski definition) is 1. The second-order valence-corrected chi connectivity index (χ2v) is 12.0. The van der Waals surface area contributed by atoms with Crippen molar-refractivity contribution in [2.24, 2.45) is 0 Å². The Bertz CT molecular complexity index is 525. The summed E-state index contributed by atoms with van der Waals surface area (Å²) in [6.07, 6.45) is -3.54. The Labute approximate surface area is 137 Å². The number of aliphatic hydroxyl groups is 1. The number of pyridine rings is 1. The fourth-order valence-corrected chi connectivity index (χ4v) is 2.92. The van der Waals surface area contributed by atoms with Gasteiger partial charge in [0.1, 0.15) is 5.69 Å². The Kier molecular flexibility index (Phi) is 6.40. The molecule has 1 aromatic rings. The highest BCUT2D eigenvalue weighted by Gasteiger charge is 2.37. The Morgan fingerprint density at radius 3 is 2.26 bits per heavy atom. The van der Waals surface area contributed by atoms with Crippen LogP contribution in [0.15, 0.2) is 12.1 Å². The predicted molar refractivity (Wildman–Crippen MR) is 86.6 cm³/mol. The molecule has 0 bridgehead atoms. The number of halogens is 3. The molecule has 0 amide bonds. The summed E-state index contributed by atoms with van der Waals surface area (Å²) in [5.41, 5.74) is -0.193. The molecule has 0 radical (unpaired) electrons. The highest BCUT2D eigenvalue weighted by Crippen LogP contribution is 2.36. The number of hydrogen-bond acceptors (Lipinski definition) is 3. The second kappa shape index (κ2) is 7.32. The van der Waals surface area contributed by atoms with Gasteiger partial charge in [0.25, 0.3) is 0 Å². The van der Waals surface area contributed by atoms with Crippen molar-refractivity contribution >= 4 is 8.32 Å². The van der Waals surface area contributed by atoms with Gasteiger partial charge in [-0.05, 0) is 42.6 Å². The summed E-state index contributed by atoms with van der Waals surface area (Å²) in [7, 11) is -1.86. The molecule has 1 heterocycles. The van der Waals surface area contributed by atoms with Gasteiger partial charge in [-0.2, -0.15) is 13.2 Å². The smallest absolute Gasteiger partial charge is 0.417 e. The zero-order valence-electron chi connectivity index (χ0n) is 14.4. The molecule has 1 aromatic heterocycles. The largest absolute Gasteiger partial charge is 0.433 e. The van der Waals surface area contributed by atoms with E-state index in [0.29, 0.717) is 30.7 Å². The molecule has 3 nitrogen and oxygen atoms in total. The molecule has 0 aliphatic rings. The van der Waals surface area contributed by atoms with E-state index in [1.807, 2.05) is 0 Å². The molecule has 1 rings (SSSR count). The van der Waals surface area contributed by atoms with Crippen molar-refractivity contribution in [2.75, 3.05) is 6.61 Å². The van der Waals surface area contributed by atoms with Crippen LogP contribution in [0.3, 0.4) is 0 Å². The van der Waals surface area contributed by atoms with Gasteiger partial charge in [0.2, 0.25) is 0 Å². The van der Waals surface area contributed by atoms with E-state index in [0.717, 1.165) is 6.07 Å². The van der Waals surface area contributed by atoms with Gasteiger partial charge in [-0.3, -0.25) is 0 Å². The zero-order valence-corrected chi connectivity index (χ0v) is 15.4. The number of rotatable bonds is 6. The molecule has 23 heavy (non-hydrogen) atoms. The average molecular weight is 349 g/mol. The molecule has 7 heteroatoms. The van der Waals surface area contributed by atoms with Crippen molar-refractivity contribution in [2.45, 2.75) is 64.5 Å². The summed E-state index contributed by atoms with van der Waals surface area (Å²) < 4.78 is 44.2. The number of aromatic nitrogens is 1. The molecule has 132 valence electrons. The van der Waals surface area contributed by atoms with Gasteiger partial charge in [-0.15, -0.1) is 0 Å². The fourth-order valence-electron chi connectivity index (χ4n) is 1.83. The number of alkyl halides is 3. The monoisotopic (exact) mass is 349 g/mol. The van der Waals surface area contributed by atoms with E-state index in [1.165, 1.54) is 6.07 Å². The van der Waals surface area contributed by atoms with Gasteiger partial charge in [0, 0.05) is 12.3 Å². The zero-order chi connectivity index (χ0) is 17.9. The van der Waals surface area contributed by atoms with Crippen LogP contribution in [0.2, 0.25) is 18.1 Å². The highest BCUT2D eigenvalue weighted by atomic mass is 28.4. The van der Waals surface area contributed by atoms with E-state index in [9.17, 15) is 18.3 Å². The predicted octanol–water partition coefficient (Wildman–Crippen LogP) is 4.55. The van der Waals surface area contributed by atoms with Gasteiger partial charge < -0.3 is 9.53 Å². The molecule has 0 aromatic carbocycles. The molecule has 0 unspecified atom stereocenters. The Morgan fingerprint density at radius 1 is 1.17 bits per heavy atom. The third kappa shape index (κ3) is 5.58. The maximum Gasteiger partial charge on any atom is 0.433 e. The molecule has 0 spiro atoms. The molecule has 0 atom stereocenters. The summed E-state index contributed by atoms with van der Waals surface area (Å²) in [5, 5.41) is 9.35. The summed E-state index contributed by atoms with van der Waals surface area (Å²) >= 11 is 0. The minimum atomic E-state index is -4.47. The second-order valence-electron chi connectivity index (χ2n) is 7.17. The molecule has 0 saturated carbocycles. The van der Waals surface area contributed by atoms with Crippen LogP contribution in [0.1, 0.15) is 44.1 Å². The van der Waals surface area contributed by atoms with Gasteiger partial charge in [-0.25, -0.2) is 4.98 Å². The van der Waals surface area contributed by atoms with E-state index < -0.39 is 20.2 Å². The molecular formula is C16H26F3NO2Si. The SMILES string of the molecule is CC(C)(C)[Si](C)(C)OCCCc1nc(C(F)(F)F)ccc1CO. The topological polar surface area (TPSA) is 42.4 Å². The van der Waals surface area contributed by atoms with Crippen LogP contribution < -0.4 is 0 Å². The van der Waals surface area contributed by atoms with Gasteiger partial charge in [0.05, 0.1) is 6.61 Å².